The maximum Gasteiger partial charge on any atom is 0.407 e. The molecule has 2 aliphatic carbocycles. The minimum absolute atomic E-state index is 0.114. The lowest BCUT2D eigenvalue weighted by Crippen LogP contribution is -2.49. The Morgan fingerprint density at radius 2 is 1.66 bits per heavy atom. The molecule has 3 atom stereocenters. The van der Waals surface area contributed by atoms with Crippen LogP contribution in [0.15, 0.2) is 48.5 Å². The number of carboxylic acid groups (broad SMARTS) is 1. The van der Waals surface area contributed by atoms with Crippen molar-refractivity contribution >= 4 is 18.0 Å². The highest BCUT2D eigenvalue weighted by molar-refractivity contribution is 5.87. The second-order valence-corrected chi connectivity index (χ2v) is 9.49. The molecule has 1 saturated heterocycles. The Kier molecular flexibility index (Phi) is 5.94. The predicted octanol–water partition coefficient (Wildman–Crippen LogP) is 4.01. The molecular formula is C26H26F2N2O5. The number of ether oxygens (including phenoxy) is 1. The van der Waals surface area contributed by atoms with E-state index in [1.165, 1.54) is 0 Å². The van der Waals surface area contributed by atoms with E-state index < -0.39 is 54.9 Å². The Bertz CT molecular complexity index is 1120. The molecule has 0 bridgehead atoms. The van der Waals surface area contributed by atoms with E-state index in [9.17, 15) is 28.3 Å². The van der Waals surface area contributed by atoms with Crippen LogP contribution in [-0.4, -0.2) is 59.1 Å². The van der Waals surface area contributed by atoms with Crippen molar-refractivity contribution in [2.24, 2.45) is 5.92 Å². The summed E-state index contributed by atoms with van der Waals surface area (Å²) < 4.78 is 33.3. The summed E-state index contributed by atoms with van der Waals surface area (Å²) in [6.45, 7) is -0.804. The van der Waals surface area contributed by atoms with Gasteiger partial charge in [-0.05, 0) is 35.1 Å². The maximum absolute atomic E-state index is 13.9. The number of benzene rings is 2. The number of fused-ring (bicyclic) bond motifs is 3. The van der Waals surface area contributed by atoms with Gasteiger partial charge in [0.1, 0.15) is 12.6 Å². The van der Waals surface area contributed by atoms with Crippen LogP contribution in [0.4, 0.5) is 13.6 Å². The molecule has 2 N–H and O–H groups in total. The topological polar surface area (TPSA) is 95.9 Å². The summed E-state index contributed by atoms with van der Waals surface area (Å²) in [5, 5.41) is 12.0. The molecule has 5 rings (SSSR count). The number of carbonyl (C=O) groups excluding carboxylic acids is 2. The second kappa shape index (κ2) is 8.94. The van der Waals surface area contributed by atoms with Crippen molar-refractivity contribution in [3.63, 3.8) is 0 Å². The monoisotopic (exact) mass is 484 g/mol. The van der Waals surface area contributed by atoms with Gasteiger partial charge in [-0.3, -0.25) is 4.79 Å². The highest BCUT2D eigenvalue weighted by Crippen LogP contribution is 2.44. The van der Waals surface area contributed by atoms with E-state index in [0.29, 0.717) is 19.3 Å². The molecule has 3 aliphatic rings. The first kappa shape index (κ1) is 23.3. The number of alkyl halides is 2. The van der Waals surface area contributed by atoms with Crippen molar-refractivity contribution in [1.82, 2.24) is 10.2 Å². The smallest absolute Gasteiger partial charge is 0.407 e. The van der Waals surface area contributed by atoms with Crippen LogP contribution in [0.25, 0.3) is 11.1 Å². The van der Waals surface area contributed by atoms with Gasteiger partial charge in [0.2, 0.25) is 5.91 Å². The van der Waals surface area contributed by atoms with Crippen molar-refractivity contribution in [3.05, 3.63) is 59.7 Å². The average Bonchev–Trinajstić information content (AvgIpc) is 3.51. The van der Waals surface area contributed by atoms with Crippen molar-refractivity contribution in [2.75, 3.05) is 13.2 Å². The zero-order valence-electron chi connectivity index (χ0n) is 19.0. The van der Waals surface area contributed by atoms with Crippen molar-refractivity contribution < 1.29 is 33.0 Å². The molecule has 1 saturated carbocycles. The first-order valence-corrected chi connectivity index (χ1v) is 11.8. The van der Waals surface area contributed by atoms with Crippen molar-refractivity contribution in [2.45, 2.75) is 49.6 Å². The molecule has 0 spiro atoms. The van der Waals surface area contributed by atoms with Crippen molar-refractivity contribution in [3.8, 4) is 11.1 Å². The third-order valence-corrected chi connectivity index (χ3v) is 7.32. The summed E-state index contributed by atoms with van der Waals surface area (Å²) in [7, 11) is 0. The highest BCUT2D eigenvalue weighted by atomic mass is 19.3. The fourth-order valence-corrected chi connectivity index (χ4v) is 5.70. The molecule has 0 unspecified atom stereocenters. The number of carbonyl (C=O) groups is 3. The van der Waals surface area contributed by atoms with E-state index in [-0.39, 0.29) is 12.5 Å². The van der Waals surface area contributed by atoms with E-state index in [4.69, 9.17) is 4.74 Å². The molecule has 35 heavy (non-hydrogen) atoms. The third-order valence-electron chi connectivity index (χ3n) is 7.32. The van der Waals surface area contributed by atoms with Gasteiger partial charge in [-0.15, -0.1) is 0 Å². The molecule has 7 nitrogen and oxygen atoms in total. The molecule has 2 amide bonds. The minimum Gasteiger partial charge on any atom is -0.480 e. The lowest BCUT2D eigenvalue weighted by molar-refractivity contribution is -0.150. The Morgan fingerprint density at radius 3 is 2.29 bits per heavy atom. The van der Waals surface area contributed by atoms with E-state index in [1.807, 2.05) is 48.5 Å². The number of rotatable bonds is 5. The van der Waals surface area contributed by atoms with E-state index >= 15 is 0 Å². The van der Waals surface area contributed by atoms with E-state index in [0.717, 1.165) is 27.2 Å². The molecule has 2 fully saturated rings. The van der Waals surface area contributed by atoms with Gasteiger partial charge in [0.25, 0.3) is 5.92 Å². The number of alkyl carbamates (subject to hydrolysis) is 1. The largest absolute Gasteiger partial charge is 0.480 e. The first-order valence-electron chi connectivity index (χ1n) is 11.8. The molecule has 1 aliphatic heterocycles. The van der Waals surface area contributed by atoms with Gasteiger partial charge in [-0.25, -0.2) is 18.4 Å². The zero-order valence-corrected chi connectivity index (χ0v) is 19.0. The van der Waals surface area contributed by atoms with Gasteiger partial charge >= 0.3 is 12.1 Å². The Hall–Kier alpha value is -3.49. The predicted molar refractivity (Wildman–Crippen MR) is 122 cm³/mol. The average molecular weight is 484 g/mol. The van der Waals surface area contributed by atoms with Crippen LogP contribution >= 0.6 is 0 Å². The summed E-state index contributed by atoms with van der Waals surface area (Å²) in [6, 6.07) is 13.8. The Balaban J connectivity index is 1.24. The fraction of sp³-hybridized carbons (Fsp3) is 0.423. The fourth-order valence-electron chi connectivity index (χ4n) is 5.70. The normalized spacial score (nSPS) is 24.6. The number of hydrogen-bond acceptors (Lipinski definition) is 4. The minimum atomic E-state index is -3.24. The van der Waals surface area contributed by atoms with Crippen LogP contribution < -0.4 is 5.32 Å². The number of nitrogens with one attached hydrogen (secondary N) is 1. The summed E-state index contributed by atoms with van der Waals surface area (Å²) in [6.07, 6.45) is -0.0830. The summed E-state index contributed by atoms with van der Waals surface area (Å²) in [5.41, 5.74) is 4.36. The van der Waals surface area contributed by atoms with Crippen LogP contribution in [0.1, 0.15) is 42.7 Å². The van der Waals surface area contributed by atoms with E-state index in [2.05, 4.69) is 5.32 Å². The second-order valence-electron chi connectivity index (χ2n) is 9.49. The maximum atomic E-state index is 13.9. The van der Waals surface area contributed by atoms with Gasteiger partial charge in [-0.2, -0.15) is 0 Å². The number of carboxylic acids is 1. The third kappa shape index (κ3) is 4.35. The molecule has 184 valence electrons. The molecule has 9 heteroatoms. The Labute approximate surface area is 201 Å². The summed E-state index contributed by atoms with van der Waals surface area (Å²) in [4.78, 5) is 37.9. The quantitative estimate of drug-likeness (QED) is 0.669. The van der Waals surface area contributed by atoms with Crippen LogP contribution in [0.3, 0.4) is 0 Å². The highest BCUT2D eigenvalue weighted by Gasteiger charge is 2.52. The molecule has 2 aromatic carbocycles. The van der Waals surface area contributed by atoms with Crippen LogP contribution in [0.2, 0.25) is 0 Å². The van der Waals surface area contributed by atoms with Crippen LogP contribution in [0.5, 0.6) is 0 Å². The van der Waals surface area contributed by atoms with Crippen molar-refractivity contribution in [1.29, 1.82) is 0 Å². The SMILES string of the molecule is O=C(N[C@H]1CCC[C@H]1C(=O)N1CC(F)(F)C[C@H]1C(=O)O)OCC1c2ccccc2-c2ccccc21. The Morgan fingerprint density at radius 1 is 1.03 bits per heavy atom. The molecular weight excluding hydrogens is 458 g/mol. The van der Waals surface area contributed by atoms with Gasteiger partial charge in [0.15, 0.2) is 0 Å². The van der Waals surface area contributed by atoms with Gasteiger partial charge in [-0.1, -0.05) is 55.0 Å². The number of likely N-dealkylation sites (tertiary alicyclic amines) is 1. The lowest BCUT2D eigenvalue weighted by atomic mass is 9.98. The molecule has 0 aromatic heterocycles. The molecule has 2 aromatic rings. The van der Waals surface area contributed by atoms with Crippen LogP contribution in [-0.2, 0) is 14.3 Å². The number of nitrogens with zero attached hydrogens (tertiary/aromatic N) is 1. The van der Waals surface area contributed by atoms with Gasteiger partial charge in [0, 0.05) is 18.4 Å². The van der Waals surface area contributed by atoms with Crippen LogP contribution in [0, 0.1) is 5.92 Å². The van der Waals surface area contributed by atoms with Gasteiger partial charge < -0.3 is 20.1 Å². The standard InChI is InChI=1S/C26H26F2N2O5/c27-26(28)12-22(24(32)33)30(14-26)23(31)19-10-5-11-21(19)29-25(34)35-13-20-17-8-3-1-6-15(17)16-7-2-4-9-18(16)20/h1-4,6-9,19-22H,5,10-14H2,(H,29,34)(H,32,33)/t19-,21+,22+/m1/s1. The first-order chi connectivity index (χ1) is 16.7. The zero-order chi connectivity index (χ0) is 24.7. The number of amides is 2. The summed E-state index contributed by atoms with van der Waals surface area (Å²) in [5.74, 6) is -6.22. The number of halogens is 2. The molecule has 0 radical (unpaired) electrons. The number of hydrogen-bond donors (Lipinski definition) is 2. The summed E-state index contributed by atoms with van der Waals surface area (Å²) >= 11 is 0. The number of aliphatic carboxylic acids is 1. The van der Waals surface area contributed by atoms with E-state index in [1.54, 1.807) is 0 Å². The lowest BCUT2D eigenvalue weighted by Gasteiger charge is -2.27. The molecule has 1 heterocycles. The van der Waals surface area contributed by atoms with Gasteiger partial charge in [0.05, 0.1) is 12.5 Å².